The van der Waals surface area contributed by atoms with Crippen LogP contribution in [0, 0.1) is 18.3 Å². The molecule has 106 valence electrons. The fraction of sp³-hybridized carbons (Fsp3) is 0.125. The van der Waals surface area contributed by atoms with Gasteiger partial charge in [0.05, 0.1) is 0 Å². The third-order valence-corrected chi connectivity index (χ3v) is 3.42. The number of carbonyl (C=O) groups excluding carboxylic acids is 1. The summed E-state index contributed by atoms with van der Waals surface area (Å²) in [6.45, 7) is 1.96. The van der Waals surface area contributed by atoms with Crippen LogP contribution in [-0.2, 0) is 11.8 Å². The number of hydrogen-bond acceptors (Lipinski definition) is 2. The Labute approximate surface area is 128 Å². The predicted molar refractivity (Wildman–Crippen MR) is 83.8 cm³/mol. The zero-order valence-corrected chi connectivity index (χ0v) is 12.5. The molecule has 1 heterocycles. The van der Waals surface area contributed by atoms with E-state index in [0.717, 1.165) is 11.4 Å². The van der Waals surface area contributed by atoms with E-state index in [1.807, 2.05) is 36.7 Å². The monoisotopic (exact) mass is 299 g/mol. The minimum Gasteiger partial charge on any atom is -0.348 e. The number of hydrogen-bond donors (Lipinski definition) is 1. The van der Waals surface area contributed by atoms with Crippen LogP contribution >= 0.6 is 11.6 Å². The first-order valence-electron chi connectivity index (χ1n) is 6.32. The summed E-state index contributed by atoms with van der Waals surface area (Å²) in [4.78, 5) is 12.1. The summed E-state index contributed by atoms with van der Waals surface area (Å²) in [7, 11) is 1.88. The lowest BCUT2D eigenvalue weighted by Gasteiger charge is -2.05. The van der Waals surface area contributed by atoms with Gasteiger partial charge in [-0.15, -0.1) is 0 Å². The molecule has 1 aromatic heterocycles. The van der Waals surface area contributed by atoms with Crippen LogP contribution in [0.15, 0.2) is 42.0 Å². The summed E-state index contributed by atoms with van der Waals surface area (Å²) in [5.41, 5.74) is 2.49. The van der Waals surface area contributed by atoms with Gasteiger partial charge in [0.15, 0.2) is 0 Å². The second-order valence-corrected chi connectivity index (χ2v) is 5.03. The smallest absolute Gasteiger partial charge is 0.266 e. The second kappa shape index (κ2) is 6.29. The molecule has 0 bridgehead atoms. The molecule has 0 aliphatic heterocycles. The zero-order valence-electron chi connectivity index (χ0n) is 11.7. The van der Waals surface area contributed by atoms with Crippen LogP contribution in [0.25, 0.3) is 6.08 Å². The molecule has 1 aromatic carbocycles. The summed E-state index contributed by atoms with van der Waals surface area (Å²) in [5.74, 6) is -0.446. The first-order valence-corrected chi connectivity index (χ1v) is 6.70. The van der Waals surface area contributed by atoms with Crippen molar-refractivity contribution in [1.82, 2.24) is 4.57 Å². The molecule has 0 unspecified atom stereocenters. The van der Waals surface area contributed by atoms with E-state index >= 15 is 0 Å². The Morgan fingerprint density at radius 1 is 1.29 bits per heavy atom. The summed E-state index contributed by atoms with van der Waals surface area (Å²) in [6, 6.07) is 12.4. The van der Waals surface area contributed by atoms with Gasteiger partial charge in [0.25, 0.3) is 5.91 Å². The second-order valence-electron chi connectivity index (χ2n) is 4.59. The topological polar surface area (TPSA) is 57.8 Å². The van der Waals surface area contributed by atoms with E-state index in [4.69, 9.17) is 16.9 Å². The fourth-order valence-electron chi connectivity index (χ4n) is 1.81. The van der Waals surface area contributed by atoms with Gasteiger partial charge in [-0.05, 0) is 49.4 Å². The third kappa shape index (κ3) is 3.53. The molecule has 0 aliphatic carbocycles. The minimum atomic E-state index is -0.446. The molecule has 0 saturated heterocycles. The highest BCUT2D eigenvalue weighted by atomic mass is 35.5. The van der Waals surface area contributed by atoms with Crippen molar-refractivity contribution in [3.05, 3.63) is 58.4 Å². The number of benzene rings is 1. The molecule has 4 nitrogen and oxygen atoms in total. The summed E-state index contributed by atoms with van der Waals surface area (Å²) >= 11 is 5.79. The number of rotatable bonds is 3. The molecule has 5 heteroatoms. The number of anilines is 1. The van der Waals surface area contributed by atoms with Gasteiger partial charge < -0.3 is 9.88 Å². The quantitative estimate of drug-likeness (QED) is 0.696. The van der Waals surface area contributed by atoms with Gasteiger partial charge in [-0.25, -0.2) is 0 Å². The Hall–Kier alpha value is -2.51. The summed E-state index contributed by atoms with van der Waals surface area (Å²) in [6.07, 6.45) is 1.57. The van der Waals surface area contributed by atoms with Gasteiger partial charge in [0.1, 0.15) is 11.6 Å². The van der Waals surface area contributed by atoms with Crippen molar-refractivity contribution < 1.29 is 4.79 Å². The Kier molecular flexibility index (Phi) is 4.46. The number of nitrogens with zero attached hydrogens (tertiary/aromatic N) is 2. The maximum absolute atomic E-state index is 12.1. The van der Waals surface area contributed by atoms with E-state index in [1.165, 1.54) is 0 Å². The van der Waals surface area contributed by atoms with Crippen molar-refractivity contribution in [2.24, 2.45) is 7.05 Å². The van der Waals surface area contributed by atoms with E-state index in [9.17, 15) is 4.79 Å². The molecular formula is C16H14ClN3O. The molecule has 2 rings (SSSR count). The van der Waals surface area contributed by atoms with Crippen molar-refractivity contribution >= 4 is 29.3 Å². The number of nitriles is 1. The summed E-state index contributed by atoms with van der Waals surface area (Å²) < 4.78 is 1.91. The van der Waals surface area contributed by atoms with Crippen LogP contribution < -0.4 is 5.32 Å². The fourth-order valence-corrected chi connectivity index (χ4v) is 1.93. The first-order chi connectivity index (χ1) is 10.0. The molecule has 0 fully saturated rings. The number of amides is 1. The molecule has 0 atom stereocenters. The molecular weight excluding hydrogens is 286 g/mol. The lowest BCUT2D eigenvalue weighted by molar-refractivity contribution is -0.112. The van der Waals surface area contributed by atoms with E-state index in [-0.39, 0.29) is 5.57 Å². The first kappa shape index (κ1) is 14.9. The highest BCUT2D eigenvalue weighted by Crippen LogP contribution is 2.15. The average molecular weight is 300 g/mol. The maximum atomic E-state index is 12.1. The third-order valence-electron chi connectivity index (χ3n) is 3.17. The average Bonchev–Trinajstić information content (AvgIpc) is 2.78. The summed E-state index contributed by atoms with van der Waals surface area (Å²) in [5, 5.41) is 12.4. The van der Waals surface area contributed by atoms with Crippen LogP contribution in [-0.4, -0.2) is 10.5 Å². The number of halogens is 1. The molecule has 1 amide bonds. The highest BCUT2D eigenvalue weighted by Gasteiger charge is 2.10. The van der Waals surface area contributed by atoms with Crippen molar-refractivity contribution in [3.8, 4) is 6.07 Å². The Morgan fingerprint density at radius 2 is 1.95 bits per heavy atom. The standard InChI is InChI=1S/C16H14ClN3O/c1-11-3-8-15(20(11)2)9-12(10-18)16(21)19-14-6-4-13(17)5-7-14/h3-9H,1-2H3,(H,19,21)/b12-9-. The molecule has 21 heavy (non-hydrogen) atoms. The van der Waals surface area contributed by atoms with Gasteiger partial charge in [0, 0.05) is 29.1 Å². The predicted octanol–water partition coefficient (Wildman–Crippen LogP) is 3.53. The van der Waals surface area contributed by atoms with Crippen molar-refractivity contribution in [3.63, 3.8) is 0 Å². The Balaban J connectivity index is 2.21. The van der Waals surface area contributed by atoms with Crippen LogP contribution in [0.2, 0.25) is 5.02 Å². The molecule has 0 spiro atoms. The lowest BCUT2D eigenvalue weighted by Crippen LogP contribution is -2.13. The Morgan fingerprint density at radius 3 is 2.48 bits per heavy atom. The molecule has 0 radical (unpaired) electrons. The van der Waals surface area contributed by atoms with Crippen molar-refractivity contribution in [2.75, 3.05) is 5.32 Å². The SMILES string of the molecule is Cc1ccc(/C=C(/C#N)C(=O)Nc2ccc(Cl)cc2)n1C. The number of aromatic nitrogens is 1. The molecule has 0 saturated carbocycles. The molecule has 2 aromatic rings. The van der Waals surface area contributed by atoms with E-state index in [1.54, 1.807) is 30.3 Å². The van der Waals surface area contributed by atoms with Crippen LogP contribution in [0.4, 0.5) is 5.69 Å². The largest absolute Gasteiger partial charge is 0.348 e. The maximum Gasteiger partial charge on any atom is 0.266 e. The van der Waals surface area contributed by atoms with Gasteiger partial charge in [-0.2, -0.15) is 5.26 Å². The van der Waals surface area contributed by atoms with Crippen LogP contribution in [0.3, 0.4) is 0 Å². The normalized spacial score (nSPS) is 11.0. The van der Waals surface area contributed by atoms with E-state index in [0.29, 0.717) is 10.7 Å². The van der Waals surface area contributed by atoms with E-state index < -0.39 is 5.91 Å². The van der Waals surface area contributed by atoms with Gasteiger partial charge >= 0.3 is 0 Å². The Bertz CT molecular complexity index is 736. The molecule has 1 N–H and O–H groups in total. The molecule has 0 aliphatic rings. The van der Waals surface area contributed by atoms with Crippen LogP contribution in [0.1, 0.15) is 11.4 Å². The lowest BCUT2D eigenvalue weighted by atomic mass is 10.2. The van der Waals surface area contributed by atoms with Crippen LogP contribution in [0.5, 0.6) is 0 Å². The minimum absolute atomic E-state index is 0.0474. The highest BCUT2D eigenvalue weighted by molar-refractivity contribution is 6.30. The van der Waals surface area contributed by atoms with Crippen molar-refractivity contribution in [2.45, 2.75) is 6.92 Å². The zero-order chi connectivity index (χ0) is 15.4. The van der Waals surface area contributed by atoms with Gasteiger partial charge in [0.2, 0.25) is 0 Å². The van der Waals surface area contributed by atoms with Gasteiger partial charge in [-0.1, -0.05) is 11.6 Å². The number of nitrogens with one attached hydrogen (secondary N) is 1. The number of aryl methyl sites for hydroxylation is 1. The van der Waals surface area contributed by atoms with Gasteiger partial charge in [-0.3, -0.25) is 4.79 Å². The van der Waals surface area contributed by atoms with Crippen molar-refractivity contribution in [1.29, 1.82) is 5.26 Å². The number of carbonyl (C=O) groups is 1. The van der Waals surface area contributed by atoms with E-state index in [2.05, 4.69) is 5.32 Å².